The normalized spacial score (nSPS) is 15.2. The van der Waals surface area contributed by atoms with Gasteiger partial charge in [-0.05, 0) is 31.9 Å². The molecule has 1 saturated carbocycles. The smallest absolute Gasteiger partial charge is 0.335 e. The fraction of sp³-hybridized carbons (Fsp3) is 0.267. The van der Waals surface area contributed by atoms with Gasteiger partial charge >= 0.3 is 5.69 Å². The summed E-state index contributed by atoms with van der Waals surface area (Å²) in [4.78, 5) is 30.6. The summed E-state index contributed by atoms with van der Waals surface area (Å²) >= 11 is 0. The van der Waals surface area contributed by atoms with Crippen molar-refractivity contribution in [3.63, 3.8) is 0 Å². The van der Waals surface area contributed by atoms with E-state index in [0.717, 1.165) is 17.4 Å². The van der Waals surface area contributed by atoms with E-state index in [1.807, 2.05) is 0 Å². The second kappa shape index (κ2) is 5.05. The highest BCUT2D eigenvalue weighted by atomic mass is 16.3. The third-order valence-electron chi connectivity index (χ3n) is 3.39. The van der Waals surface area contributed by atoms with E-state index in [2.05, 4.69) is 9.98 Å². The first-order valence-electron chi connectivity index (χ1n) is 6.76. The molecule has 21 heavy (non-hydrogen) atoms. The highest BCUT2D eigenvalue weighted by molar-refractivity contribution is 6.00. The molecule has 1 aliphatic carbocycles. The minimum atomic E-state index is -0.674. The van der Waals surface area contributed by atoms with Crippen LogP contribution in [-0.4, -0.2) is 26.4 Å². The van der Waals surface area contributed by atoms with Gasteiger partial charge in [-0.2, -0.15) is 0 Å². The van der Waals surface area contributed by atoms with E-state index < -0.39 is 11.2 Å². The maximum atomic E-state index is 12.0. The fourth-order valence-electron chi connectivity index (χ4n) is 2.21. The van der Waals surface area contributed by atoms with Gasteiger partial charge in [0.2, 0.25) is 5.88 Å². The van der Waals surface area contributed by atoms with Crippen LogP contribution in [0.25, 0.3) is 5.69 Å². The zero-order valence-corrected chi connectivity index (χ0v) is 11.5. The summed E-state index contributed by atoms with van der Waals surface area (Å²) in [7, 11) is 0. The number of aliphatic imine (C=N–C) groups is 1. The third kappa shape index (κ3) is 2.52. The Bertz CT molecular complexity index is 814. The van der Waals surface area contributed by atoms with Gasteiger partial charge in [-0.25, -0.2) is 9.36 Å². The van der Waals surface area contributed by atoms with Gasteiger partial charge in [-0.15, -0.1) is 0 Å². The standard InChI is InChI=1S/C15H15N3O3/c1-9(16-10-7-8-10)12-13(19)17-15(21)18(14(12)20)11-5-3-2-4-6-11/h2-6,10,20H,7-8H2,1H3,(H,17,19,21). The molecule has 1 heterocycles. The number of hydrogen-bond donors (Lipinski definition) is 2. The molecule has 2 aromatic rings. The van der Waals surface area contributed by atoms with Crippen LogP contribution >= 0.6 is 0 Å². The number of benzene rings is 1. The Morgan fingerprint density at radius 3 is 2.57 bits per heavy atom. The van der Waals surface area contributed by atoms with Crippen LogP contribution in [0.4, 0.5) is 0 Å². The van der Waals surface area contributed by atoms with Gasteiger partial charge < -0.3 is 5.11 Å². The number of rotatable bonds is 3. The number of hydrogen-bond acceptors (Lipinski definition) is 4. The minimum absolute atomic E-state index is 0.0466. The van der Waals surface area contributed by atoms with Gasteiger partial charge in [0.05, 0.1) is 17.4 Å². The minimum Gasteiger partial charge on any atom is -0.493 e. The Kier molecular flexibility index (Phi) is 3.21. The molecule has 1 aromatic heterocycles. The molecule has 0 unspecified atom stereocenters. The lowest BCUT2D eigenvalue weighted by molar-refractivity contribution is 0.429. The molecule has 0 saturated heterocycles. The number of H-pyrrole nitrogens is 1. The molecule has 6 heteroatoms. The molecule has 2 N–H and O–H groups in total. The van der Waals surface area contributed by atoms with Gasteiger partial charge in [0.1, 0.15) is 5.56 Å². The number of para-hydroxylation sites is 1. The second-order valence-corrected chi connectivity index (χ2v) is 5.07. The summed E-state index contributed by atoms with van der Waals surface area (Å²) < 4.78 is 1.07. The molecule has 0 atom stereocenters. The summed E-state index contributed by atoms with van der Waals surface area (Å²) in [6.45, 7) is 1.67. The van der Waals surface area contributed by atoms with E-state index in [9.17, 15) is 14.7 Å². The zero-order valence-electron chi connectivity index (χ0n) is 11.5. The fourth-order valence-corrected chi connectivity index (χ4v) is 2.21. The second-order valence-electron chi connectivity index (χ2n) is 5.07. The van der Waals surface area contributed by atoms with Crippen molar-refractivity contribution in [1.82, 2.24) is 9.55 Å². The highest BCUT2D eigenvalue weighted by Gasteiger charge is 2.23. The van der Waals surface area contributed by atoms with Gasteiger partial charge in [0.15, 0.2) is 0 Å². The van der Waals surface area contributed by atoms with E-state index >= 15 is 0 Å². The molecular weight excluding hydrogens is 270 g/mol. The average Bonchev–Trinajstić information content (AvgIpc) is 3.23. The molecule has 0 amide bonds. The molecule has 6 nitrogen and oxygen atoms in total. The Morgan fingerprint density at radius 1 is 1.29 bits per heavy atom. The van der Waals surface area contributed by atoms with Crippen molar-refractivity contribution < 1.29 is 5.11 Å². The van der Waals surface area contributed by atoms with E-state index in [0.29, 0.717) is 11.4 Å². The van der Waals surface area contributed by atoms with Gasteiger partial charge in [0, 0.05) is 0 Å². The monoisotopic (exact) mass is 285 g/mol. The van der Waals surface area contributed by atoms with Crippen molar-refractivity contribution in [2.75, 3.05) is 0 Å². The topological polar surface area (TPSA) is 87.4 Å². The van der Waals surface area contributed by atoms with E-state index in [1.54, 1.807) is 37.3 Å². The first-order chi connectivity index (χ1) is 10.1. The van der Waals surface area contributed by atoms with Crippen LogP contribution in [0.1, 0.15) is 25.3 Å². The van der Waals surface area contributed by atoms with E-state index in [1.165, 1.54) is 0 Å². The van der Waals surface area contributed by atoms with Crippen molar-refractivity contribution >= 4 is 5.71 Å². The van der Waals surface area contributed by atoms with Crippen molar-refractivity contribution in [2.24, 2.45) is 4.99 Å². The first-order valence-corrected chi connectivity index (χ1v) is 6.76. The van der Waals surface area contributed by atoms with Crippen LogP contribution in [0.3, 0.4) is 0 Å². The molecule has 3 rings (SSSR count). The van der Waals surface area contributed by atoms with Gasteiger partial charge in [0.25, 0.3) is 5.56 Å². The molecule has 1 fully saturated rings. The van der Waals surface area contributed by atoms with Crippen molar-refractivity contribution in [2.45, 2.75) is 25.8 Å². The molecular formula is C15H15N3O3. The maximum absolute atomic E-state index is 12.0. The van der Waals surface area contributed by atoms with E-state index in [-0.39, 0.29) is 17.5 Å². The average molecular weight is 285 g/mol. The molecule has 1 aromatic carbocycles. The number of aromatic nitrogens is 2. The summed E-state index contributed by atoms with van der Waals surface area (Å²) in [5.74, 6) is -0.378. The number of aromatic amines is 1. The predicted molar refractivity (Wildman–Crippen MR) is 79.6 cm³/mol. The van der Waals surface area contributed by atoms with Crippen LogP contribution in [0.2, 0.25) is 0 Å². The molecule has 1 aliphatic rings. The summed E-state index contributed by atoms with van der Waals surface area (Å²) in [5.41, 5.74) is -0.318. The third-order valence-corrected chi connectivity index (χ3v) is 3.39. The first kappa shape index (κ1) is 13.4. The van der Waals surface area contributed by atoms with E-state index in [4.69, 9.17) is 0 Å². The van der Waals surface area contributed by atoms with Crippen molar-refractivity contribution in [3.05, 3.63) is 56.7 Å². The summed E-state index contributed by atoms with van der Waals surface area (Å²) in [6, 6.07) is 8.88. The molecule has 0 radical (unpaired) electrons. The van der Waals surface area contributed by atoms with Gasteiger partial charge in [-0.3, -0.25) is 14.8 Å². The number of aromatic hydroxyl groups is 1. The van der Waals surface area contributed by atoms with Gasteiger partial charge in [-0.1, -0.05) is 18.2 Å². The number of nitrogens with zero attached hydrogens (tertiary/aromatic N) is 2. The zero-order chi connectivity index (χ0) is 15.0. The quantitative estimate of drug-likeness (QED) is 0.831. The Balaban J connectivity index is 2.23. The maximum Gasteiger partial charge on any atom is 0.335 e. The highest BCUT2D eigenvalue weighted by Crippen LogP contribution is 2.25. The Morgan fingerprint density at radius 2 is 1.95 bits per heavy atom. The predicted octanol–water partition coefficient (Wildman–Crippen LogP) is 1.20. The lowest BCUT2D eigenvalue weighted by Crippen LogP contribution is -2.32. The van der Waals surface area contributed by atoms with Crippen molar-refractivity contribution in [1.29, 1.82) is 0 Å². The summed E-state index contributed by atoms with van der Waals surface area (Å²) in [5, 5.41) is 10.4. The Labute approximate surface area is 120 Å². The van der Waals surface area contributed by atoms with Crippen LogP contribution in [0.15, 0.2) is 44.9 Å². The molecule has 0 spiro atoms. The SMILES string of the molecule is CC(=NC1CC1)c1c(O)n(-c2ccccc2)c(=O)[nH]c1=O. The molecule has 0 aliphatic heterocycles. The summed E-state index contributed by atoms with van der Waals surface area (Å²) in [6.07, 6.45) is 1.99. The Hall–Kier alpha value is -2.63. The number of nitrogens with one attached hydrogen (secondary N) is 1. The van der Waals surface area contributed by atoms with Crippen LogP contribution in [-0.2, 0) is 0 Å². The largest absolute Gasteiger partial charge is 0.493 e. The van der Waals surface area contributed by atoms with Crippen LogP contribution in [0.5, 0.6) is 5.88 Å². The molecule has 108 valence electrons. The molecule has 0 bridgehead atoms. The lowest BCUT2D eigenvalue weighted by Gasteiger charge is -2.11. The van der Waals surface area contributed by atoms with Crippen molar-refractivity contribution in [3.8, 4) is 11.6 Å². The van der Waals surface area contributed by atoms with Crippen LogP contribution in [0, 0.1) is 0 Å². The lowest BCUT2D eigenvalue weighted by atomic mass is 10.2. The van der Waals surface area contributed by atoms with Crippen LogP contribution < -0.4 is 11.2 Å².